The summed E-state index contributed by atoms with van der Waals surface area (Å²) in [7, 11) is 0. The van der Waals surface area contributed by atoms with Crippen molar-refractivity contribution in [3.63, 3.8) is 0 Å². The molecule has 0 unspecified atom stereocenters. The Morgan fingerprint density at radius 1 is 1.06 bits per heavy atom. The standard InChI is InChI=1S/C14H16N2/c1-12(14-5-3-2-4-6-14)16-11-13-7-9-15-10-8-13/h2-10,12,16H,11H2,1H3/t12-/m0/s1. The molecule has 0 aliphatic rings. The lowest BCUT2D eigenvalue weighted by Gasteiger charge is -2.13. The number of benzene rings is 1. The lowest BCUT2D eigenvalue weighted by molar-refractivity contribution is 0.574. The van der Waals surface area contributed by atoms with Gasteiger partial charge in [0.2, 0.25) is 0 Å². The molecule has 1 aromatic carbocycles. The molecule has 2 heteroatoms. The van der Waals surface area contributed by atoms with Crippen LogP contribution in [-0.2, 0) is 6.54 Å². The fourth-order valence-electron chi connectivity index (χ4n) is 1.63. The van der Waals surface area contributed by atoms with Gasteiger partial charge < -0.3 is 5.32 Å². The molecule has 0 radical (unpaired) electrons. The topological polar surface area (TPSA) is 24.9 Å². The summed E-state index contributed by atoms with van der Waals surface area (Å²) < 4.78 is 0. The van der Waals surface area contributed by atoms with Crippen LogP contribution >= 0.6 is 0 Å². The van der Waals surface area contributed by atoms with Crippen LogP contribution in [0.15, 0.2) is 54.9 Å². The lowest BCUT2D eigenvalue weighted by Crippen LogP contribution is -2.17. The van der Waals surface area contributed by atoms with Gasteiger partial charge in [0.1, 0.15) is 0 Å². The first-order valence-corrected chi connectivity index (χ1v) is 5.53. The molecule has 16 heavy (non-hydrogen) atoms. The van der Waals surface area contributed by atoms with Crippen molar-refractivity contribution in [3.05, 3.63) is 66.0 Å². The third-order valence-corrected chi connectivity index (χ3v) is 2.66. The highest BCUT2D eigenvalue weighted by Gasteiger charge is 2.03. The molecule has 2 rings (SSSR count). The van der Waals surface area contributed by atoms with Crippen LogP contribution in [0.1, 0.15) is 24.1 Å². The maximum Gasteiger partial charge on any atom is 0.0294 e. The van der Waals surface area contributed by atoms with Gasteiger partial charge in [0.25, 0.3) is 0 Å². The lowest BCUT2D eigenvalue weighted by atomic mass is 10.1. The summed E-state index contributed by atoms with van der Waals surface area (Å²) in [5.41, 5.74) is 2.58. The van der Waals surface area contributed by atoms with Gasteiger partial charge in [-0.25, -0.2) is 0 Å². The number of aromatic nitrogens is 1. The summed E-state index contributed by atoms with van der Waals surface area (Å²) in [6, 6.07) is 14.9. The first-order chi connectivity index (χ1) is 7.86. The molecule has 0 aliphatic carbocycles. The van der Waals surface area contributed by atoms with Crippen LogP contribution in [0.3, 0.4) is 0 Å². The van der Waals surface area contributed by atoms with Crippen LogP contribution in [0, 0.1) is 0 Å². The average Bonchev–Trinajstić information content (AvgIpc) is 2.38. The Morgan fingerprint density at radius 2 is 1.75 bits per heavy atom. The van der Waals surface area contributed by atoms with E-state index in [0.29, 0.717) is 6.04 Å². The van der Waals surface area contributed by atoms with Crippen LogP contribution in [0.4, 0.5) is 0 Å². The minimum atomic E-state index is 0.370. The fraction of sp³-hybridized carbons (Fsp3) is 0.214. The van der Waals surface area contributed by atoms with E-state index in [1.165, 1.54) is 11.1 Å². The van der Waals surface area contributed by atoms with Crippen molar-refractivity contribution in [3.8, 4) is 0 Å². The molecule has 0 aliphatic heterocycles. The molecule has 0 bridgehead atoms. The predicted molar refractivity (Wildman–Crippen MR) is 65.9 cm³/mol. The fourth-order valence-corrected chi connectivity index (χ4v) is 1.63. The molecule has 0 spiro atoms. The van der Waals surface area contributed by atoms with Gasteiger partial charge in [-0.05, 0) is 30.2 Å². The predicted octanol–water partition coefficient (Wildman–Crippen LogP) is 2.93. The maximum absolute atomic E-state index is 4.00. The van der Waals surface area contributed by atoms with E-state index in [-0.39, 0.29) is 0 Å². The van der Waals surface area contributed by atoms with Crippen molar-refractivity contribution in [2.75, 3.05) is 0 Å². The molecule has 1 N–H and O–H groups in total. The van der Waals surface area contributed by atoms with Crippen LogP contribution in [0.25, 0.3) is 0 Å². The number of hydrogen-bond acceptors (Lipinski definition) is 2. The van der Waals surface area contributed by atoms with E-state index < -0.39 is 0 Å². The Balaban J connectivity index is 1.92. The van der Waals surface area contributed by atoms with E-state index in [0.717, 1.165) is 6.54 Å². The SMILES string of the molecule is C[C@H](NCc1ccncc1)c1ccccc1. The van der Waals surface area contributed by atoms with Crippen molar-refractivity contribution >= 4 is 0 Å². The van der Waals surface area contributed by atoms with Gasteiger partial charge in [0, 0.05) is 25.0 Å². The van der Waals surface area contributed by atoms with Crippen molar-refractivity contribution < 1.29 is 0 Å². The zero-order valence-corrected chi connectivity index (χ0v) is 9.43. The molecule has 1 aromatic heterocycles. The molecular formula is C14H16N2. The van der Waals surface area contributed by atoms with Crippen LogP contribution < -0.4 is 5.32 Å². The van der Waals surface area contributed by atoms with E-state index in [1.54, 1.807) is 0 Å². The van der Waals surface area contributed by atoms with E-state index in [2.05, 4.69) is 41.5 Å². The molecule has 0 amide bonds. The highest BCUT2D eigenvalue weighted by Crippen LogP contribution is 2.11. The molecular weight excluding hydrogens is 196 g/mol. The van der Waals surface area contributed by atoms with Crippen LogP contribution in [0.2, 0.25) is 0 Å². The highest BCUT2D eigenvalue weighted by atomic mass is 14.9. The second-order valence-electron chi connectivity index (χ2n) is 3.87. The quantitative estimate of drug-likeness (QED) is 0.842. The van der Waals surface area contributed by atoms with E-state index in [1.807, 2.05) is 30.6 Å². The second-order valence-corrected chi connectivity index (χ2v) is 3.87. The van der Waals surface area contributed by atoms with Crippen molar-refractivity contribution in [1.82, 2.24) is 10.3 Å². The molecule has 0 saturated heterocycles. The zero-order valence-electron chi connectivity index (χ0n) is 9.43. The summed E-state index contributed by atoms with van der Waals surface area (Å²) in [6.45, 7) is 3.05. The Morgan fingerprint density at radius 3 is 2.44 bits per heavy atom. The summed E-state index contributed by atoms with van der Waals surface area (Å²) in [6.07, 6.45) is 3.65. The molecule has 0 fully saturated rings. The molecule has 2 nitrogen and oxygen atoms in total. The number of hydrogen-bond donors (Lipinski definition) is 1. The van der Waals surface area contributed by atoms with Gasteiger partial charge >= 0.3 is 0 Å². The first-order valence-electron chi connectivity index (χ1n) is 5.53. The van der Waals surface area contributed by atoms with E-state index in [4.69, 9.17) is 0 Å². The molecule has 1 heterocycles. The third-order valence-electron chi connectivity index (χ3n) is 2.66. The summed E-state index contributed by atoms with van der Waals surface area (Å²) in [4.78, 5) is 4.00. The summed E-state index contributed by atoms with van der Waals surface area (Å²) in [5, 5.41) is 3.49. The highest BCUT2D eigenvalue weighted by molar-refractivity contribution is 5.18. The van der Waals surface area contributed by atoms with Crippen LogP contribution in [0.5, 0.6) is 0 Å². The first kappa shape index (κ1) is 10.8. The molecule has 1 atom stereocenters. The number of nitrogens with one attached hydrogen (secondary N) is 1. The monoisotopic (exact) mass is 212 g/mol. The van der Waals surface area contributed by atoms with Gasteiger partial charge in [-0.2, -0.15) is 0 Å². The number of pyridine rings is 1. The number of nitrogens with zero attached hydrogens (tertiary/aromatic N) is 1. The van der Waals surface area contributed by atoms with Crippen LogP contribution in [-0.4, -0.2) is 4.98 Å². The normalized spacial score (nSPS) is 12.3. The maximum atomic E-state index is 4.00. The smallest absolute Gasteiger partial charge is 0.0294 e. The largest absolute Gasteiger partial charge is 0.306 e. The van der Waals surface area contributed by atoms with Crippen molar-refractivity contribution in [2.24, 2.45) is 0 Å². The minimum Gasteiger partial charge on any atom is -0.306 e. The molecule has 0 saturated carbocycles. The third kappa shape index (κ3) is 2.91. The van der Waals surface area contributed by atoms with Gasteiger partial charge in [-0.3, -0.25) is 4.98 Å². The van der Waals surface area contributed by atoms with Gasteiger partial charge in [0.05, 0.1) is 0 Å². The van der Waals surface area contributed by atoms with E-state index >= 15 is 0 Å². The zero-order chi connectivity index (χ0) is 11.2. The average molecular weight is 212 g/mol. The van der Waals surface area contributed by atoms with E-state index in [9.17, 15) is 0 Å². The molecule has 2 aromatic rings. The van der Waals surface area contributed by atoms with Crippen molar-refractivity contribution in [1.29, 1.82) is 0 Å². The Kier molecular flexibility index (Phi) is 3.67. The molecule has 82 valence electrons. The van der Waals surface area contributed by atoms with Crippen molar-refractivity contribution in [2.45, 2.75) is 19.5 Å². The van der Waals surface area contributed by atoms with Gasteiger partial charge in [-0.15, -0.1) is 0 Å². The summed E-state index contributed by atoms with van der Waals surface area (Å²) >= 11 is 0. The minimum absolute atomic E-state index is 0.370. The Bertz CT molecular complexity index is 411. The Labute approximate surface area is 96.4 Å². The number of rotatable bonds is 4. The van der Waals surface area contributed by atoms with Gasteiger partial charge in [-0.1, -0.05) is 30.3 Å². The second kappa shape index (κ2) is 5.42. The summed E-state index contributed by atoms with van der Waals surface area (Å²) in [5.74, 6) is 0. The Hall–Kier alpha value is -1.67. The van der Waals surface area contributed by atoms with Gasteiger partial charge in [0.15, 0.2) is 0 Å².